The van der Waals surface area contributed by atoms with E-state index >= 15 is 0 Å². The maximum atomic E-state index is 13.1. The molecule has 0 spiro atoms. The van der Waals surface area contributed by atoms with E-state index in [1.54, 1.807) is 6.07 Å². The van der Waals surface area contributed by atoms with Crippen LogP contribution in [-0.4, -0.2) is 30.7 Å². The zero-order valence-corrected chi connectivity index (χ0v) is 9.37. The number of aliphatic carboxylic acids is 1. The van der Waals surface area contributed by atoms with Crippen molar-refractivity contribution in [3.63, 3.8) is 0 Å². The number of rotatable bonds is 3. The summed E-state index contributed by atoms with van der Waals surface area (Å²) in [6.07, 6.45) is -0.148. The van der Waals surface area contributed by atoms with Gasteiger partial charge in [0.2, 0.25) is 0 Å². The smallest absolute Gasteiger partial charge is 0.307 e. The lowest BCUT2D eigenvalue weighted by Gasteiger charge is -2.26. The Balaban J connectivity index is 2.27. The molecule has 92 valence electrons. The van der Waals surface area contributed by atoms with Crippen LogP contribution >= 0.6 is 0 Å². The molecule has 1 aromatic carbocycles. The van der Waals surface area contributed by atoms with Gasteiger partial charge in [-0.1, -0.05) is 6.07 Å². The molecule has 17 heavy (non-hydrogen) atoms. The van der Waals surface area contributed by atoms with Gasteiger partial charge in [0, 0.05) is 25.7 Å². The van der Waals surface area contributed by atoms with Gasteiger partial charge >= 0.3 is 5.97 Å². The monoisotopic (exact) mass is 238 g/mol. The summed E-state index contributed by atoms with van der Waals surface area (Å²) in [5.41, 5.74) is 1.40. The molecule has 1 saturated heterocycles. The summed E-state index contributed by atoms with van der Waals surface area (Å²) in [5.74, 6) is -1.34. The van der Waals surface area contributed by atoms with Crippen LogP contribution in [0.2, 0.25) is 0 Å². The number of halogens is 1. The van der Waals surface area contributed by atoms with E-state index < -0.39 is 11.8 Å². The molecule has 1 unspecified atom stereocenters. The largest absolute Gasteiger partial charge is 0.481 e. The summed E-state index contributed by atoms with van der Waals surface area (Å²) in [6, 6.07) is 4.40. The number of nitrogens with one attached hydrogen (secondary N) is 2. The molecule has 3 N–H and O–H groups in total. The normalized spacial score (nSPS) is 20.2. The van der Waals surface area contributed by atoms with E-state index in [1.165, 1.54) is 12.1 Å². The van der Waals surface area contributed by atoms with E-state index in [1.807, 2.05) is 0 Å². The van der Waals surface area contributed by atoms with Crippen LogP contribution in [0.4, 0.5) is 4.39 Å². The highest BCUT2D eigenvalue weighted by Gasteiger charge is 2.18. The Labute approximate surface area is 98.8 Å². The highest BCUT2D eigenvalue weighted by molar-refractivity contribution is 5.70. The maximum absolute atomic E-state index is 13.1. The minimum absolute atomic E-state index is 0.0544. The van der Waals surface area contributed by atoms with Gasteiger partial charge in [-0.2, -0.15) is 0 Å². The summed E-state index contributed by atoms with van der Waals surface area (Å²) in [7, 11) is 0. The molecule has 0 saturated carbocycles. The van der Waals surface area contributed by atoms with Crippen molar-refractivity contribution in [1.29, 1.82) is 0 Å². The van der Waals surface area contributed by atoms with Gasteiger partial charge in [0.15, 0.2) is 0 Å². The van der Waals surface area contributed by atoms with Crippen molar-refractivity contribution >= 4 is 5.97 Å². The first kappa shape index (κ1) is 12.0. The van der Waals surface area contributed by atoms with Gasteiger partial charge in [-0.3, -0.25) is 4.79 Å². The number of piperazine rings is 1. The van der Waals surface area contributed by atoms with Gasteiger partial charge in [0.1, 0.15) is 5.82 Å². The molecular formula is C12H15FN2O2. The lowest BCUT2D eigenvalue weighted by molar-refractivity contribution is -0.136. The fourth-order valence-electron chi connectivity index (χ4n) is 2.10. The summed E-state index contributed by atoms with van der Waals surface area (Å²) >= 11 is 0. The Morgan fingerprint density at radius 3 is 2.94 bits per heavy atom. The second-order valence-corrected chi connectivity index (χ2v) is 4.12. The predicted octanol–water partition coefficient (Wildman–Crippen LogP) is 0.687. The van der Waals surface area contributed by atoms with Gasteiger partial charge < -0.3 is 15.7 Å². The fourth-order valence-corrected chi connectivity index (χ4v) is 2.10. The Morgan fingerprint density at radius 2 is 2.29 bits per heavy atom. The molecule has 0 amide bonds. The van der Waals surface area contributed by atoms with Crippen LogP contribution in [0, 0.1) is 5.82 Å². The molecule has 0 aromatic heterocycles. The minimum Gasteiger partial charge on any atom is -0.481 e. The molecule has 1 fully saturated rings. The molecule has 1 aliphatic heterocycles. The molecule has 1 aliphatic rings. The van der Waals surface area contributed by atoms with Crippen molar-refractivity contribution in [2.45, 2.75) is 12.5 Å². The summed E-state index contributed by atoms with van der Waals surface area (Å²) in [4.78, 5) is 10.8. The van der Waals surface area contributed by atoms with Gasteiger partial charge in [-0.05, 0) is 23.3 Å². The number of carboxylic acids is 1. The molecule has 2 rings (SSSR count). The summed E-state index contributed by atoms with van der Waals surface area (Å²) in [6.45, 7) is 2.46. The number of carboxylic acid groups (broad SMARTS) is 1. The van der Waals surface area contributed by atoms with Gasteiger partial charge in [-0.15, -0.1) is 0 Å². The van der Waals surface area contributed by atoms with E-state index in [9.17, 15) is 9.18 Å². The van der Waals surface area contributed by atoms with Crippen molar-refractivity contribution in [2.24, 2.45) is 0 Å². The van der Waals surface area contributed by atoms with E-state index in [2.05, 4.69) is 10.6 Å². The second-order valence-electron chi connectivity index (χ2n) is 4.12. The fraction of sp³-hybridized carbons (Fsp3) is 0.417. The standard InChI is InChI=1S/C12H15FN2O2/c13-9-1-2-10(8(5-9)6-12(16)17)11-7-14-3-4-15-11/h1-2,5,11,14-15H,3-4,6-7H2,(H,16,17). The zero-order valence-electron chi connectivity index (χ0n) is 9.37. The molecule has 5 heteroatoms. The third kappa shape index (κ3) is 3.01. The van der Waals surface area contributed by atoms with Crippen LogP contribution in [-0.2, 0) is 11.2 Å². The average Bonchev–Trinajstić information content (AvgIpc) is 2.29. The van der Waals surface area contributed by atoms with Crippen LogP contribution in [0.3, 0.4) is 0 Å². The lowest BCUT2D eigenvalue weighted by atomic mass is 9.97. The number of benzene rings is 1. The first-order chi connectivity index (χ1) is 8.16. The van der Waals surface area contributed by atoms with Gasteiger partial charge in [0.25, 0.3) is 0 Å². The Morgan fingerprint density at radius 1 is 1.47 bits per heavy atom. The molecule has 1 atom stereocenters. The molecule has 0 radical (unpaired) electrons. The topological polar surface area (TPSA) is 61.4 Å². The van der Waals surface area contributed by atoms with Crippen molar-refractivity contribution in [3.8, 4) is 0 Å². The maximum Gasteiger partial charge on any atom is 0.307 e. The van der Waals surface area contributed by atoms with Crippen molar-refractivity contribution in [3.05, 3.63) is 35.1 Å². The minimum atomic E-state index is -0.944. The first-order valence-electron chi connectivity index (χ1n) is 5.61. The number of hydrogen-bond acceptors (Lipinski definition) is 3. The Kier molecular flexibility index (Phi) is 3.71. The second kappa shape index (κ2) is 5.25. The number of carbonyl (C=O) groups is 1. The third-order valence-corrected chi connectivity index (χ3v) is 2.86. The van der Waals surface area contributed by atoms with Crippen LogP contribution in [0.5, 0.6) is 0 Å². The van der Waals surface area contributed by atoms with Crippen LogP contribution in [0.15, 0.2) is 18.2 Å². The van der Waals surface area contributed by atoms with Crippen molar-refractivity contribution < 1.29 is 14.3 Å². The van der Waals surface area contributed by atoms with Crippen LogP contribution in [0.25, 0.3) is 0 Å². The SMILES string of the molecule is O=C(O)Cc1cc(F)ccc1C1CNCCN1. The summed E-state index contributed by atoms with van der Waals surface area (Å²) in [5, 5.41) is 15.3. The van der Waals surface area contributed by atoms with Crippen LogP contribution < -0.4 is 10.6 Å². The molecule has 4 nitrogen and oxygen atoms in total. The van der Waals surface area contributed by atoms with E-state index in [4.69, 9.17) is 5.11 Å². The third-order valence-electron chi connectivity index (χ3n) is 2.86. The van der Waals surface area contributed by atoms with E-state index in [-0.39, 0.29) is 12.5 Å². The van der Waals surface area contributed by atoms with Crippen LogP contribution in [0.1, 0.15) is 17.2 Å². The molecule has 0 aliphatic carbocycles. The van der Waals surface area contributed by atoms with E-state index in [0.717, 1.165) is 25.2 Å². The molecule has 1 heterocycles. The number of hydrogen-bond donors (Lipinski definition) is 3. The first-order valence-corrected chi connectivity index (χ1v) is 5.61. The van der Waals surface area contributed by atoms with Gasteiger partial charge in [0.05, 0.1) is 6.42 Å². The lowest BCUT2D eigenvalue weighted by Crippen LogP contribution is -2.43. The quantitative estimate of drug-likeness (QED) is 0.725. The highest BCUT2D eigenvalue weighted by Crippen LogP contribution is 2.20. The molecular weight excluding hydrogens is 223 g/mol. The van der Waals surface area contributed by atoms with E-state index in [0.29, 0.717) is 5.56 Å². The predicted molar refractivity (Wildman–Crippen MR) is 61.4 cm³/mol. The average molecular weight is 238 g/mol. The molecule has 0 bridgehead atoms. The summed E-state index contributed by atoms with van der Waals surface area (Å²) < 4.78 is 13.1. The Hall–Kier alpha value is -1.46. The molecule has 1 aromatic rings. The van der Waals surface area contributed by atoms with Gasteiger partial charge in [-0.25, -0.2) is 4.39 Å². The highest BCUT2D eigenvalue weighted by atomic mass is 19.1. The zero-order chi connectivity index (χ0) is 12.3. The van der Waals surface area contributed by atoms with Crippen molar-refractivity contribution in [2.75, 3.05) is 19.6 Å². The Bertz CT molecular complexity index is 417. The van der Waals surface area contributed by atoms with Crippen molar-refractivity contribution in [1.82, 2.24) is 10.6 Å².